The van der Waals surface area contributed by atoms with Crippen molar-refractivity contribution in [3.8, 4) is 5.69 Å². The summed E-state index contributed by atoms with van der Waals surface area (Å²) in [6, 6.07) is 10.3. The summed E-state index contributed by atoms with van der Waals surface area (Å²) in [5.41, 5.74) is 6.88. The molecule has 1 aliphatic heterocycles. The van der Waals surface area contributed by atoms with Crippen LogP contribution in [0, 0.1) is 13.8 Å². The Kier molecular flexibility index (Phi) is 5.87. The molecule has 1 aliphatic carbocycles. The summed E-state index contributed by atoms with van der Waals surface area (Å²) in [5, 5.41) is 4.59. The van der Waals surface area contributed by atoms with Crippen molar-refractivity contribution >= 4 is 11.9 Å². The Balaban J connectivity index is 1.41. The van der Waals surface area contributed by atoms with E-state index in [-0.39, 0.29) is 5.91 Å². The number of carbonyl (C=O) groups is 1. The first-order valence-corrected chi connectivity index (χ1v) is 12.0. The fraction of sp³-hybridized carbons (Fsp3) is 0.462. The first kappa shape index (κ1) is 21.6. The molecule has 2 aliphatic rings. The number of amides is 1. The highest BCUT2D eigenvalue weighted by Gasteiger charge is 2.27. The number of anilines is 1. The van der Waals surface area contributed by atoms with Crippen molar-refractivity contribution in [1.82, 2.24) is 24.6 Å². The average Bonchev–Trinajstić information content (AvgIpc) is 3.47. The molecule has 0 spiro atoms. The molecule has 1 aromatic carbocycles. The van der Waals surface area contributed by atoms with E-state index in [4.69, 9.17) is 9.97 Å². The molecule has 2 aromatic heterocycles. The minimum absolute atomic E-state index is 0.0208. The van der Waals surface area contributed by atoms with E-state index in [0.717, 1.165) is 91.5 Å². The second-order valence-corrected chi connectivity index (χ2v) is 9.37. The Morgan fingerprint density at radius 2 is 1.82 bits per heavy atom. The summed E-state index contributed by atoms with van der Waals surface area (Å²) in [4.78, 5) is 27.3. The molecule has 0 atom stereocenters. The van der Waals surface area contributed by atoms with Gasteiger partial charge in [-0.1, -0.05) is 12.1 Å². The molecular formula is C26H32N6O. The van der Waals surface area contributed by atoms with Crippen LogP contribution in [0.25, 0.3) is 5.69 Å². The Morgan fingerprint density at radius 1 is 1.03 bits per heavy atom. The van der Waals surface area contributed by atoms with E-state index in [1.807, 2.05) is 30.8 Å². The van der Waals surface area contributed by atoms with Crippen LogP contribution in [-0.2, 0) is 19.4 Å². The maximum atomic E-state index is 13.6. The van der Waals surface area contributed by atoms with Crippen molar-refractivity contribution in [2.24, 2.45) is 0 Å². The van der Waals surface area contributed by atoms with Crippen molar-refractivity contribution in [2.45, 2.75) is 58.9 Å². The number of carbonyl (C=O) groups excluding carboxylic acids is 1. The summed E-state index contributed by atoms with van der Waals surface area (Å²) in [5.74, 6) is 0.712. The summed E-state index contributed by atoms with van der Waals surface area (Å²) < 4.78 is 1.95. The maximum absolute atomic E-state index is 13.6. The third-order valence-corrected chi connectivity index (χ3v) is 6.69. The zero-order chi connectivity index (χ0) is 22.9. The van der Waals surface area contributed by atoms with E-state index >= 15 is 0 Å². The van der Waals surface area contributed by atoms with Crippen LogP contribution in [0.15, 0.2) is 30.3 Å². The molecule has 172 valence electrons. The van der Waals surface area contributed by atoms with Gasteiger partial charge in [0.2, 0.25) is 5.95 Å². The van der Waals surface area contributed by atoms with Gasteiger partial charge >= 0.3 is 0 Å². The number of hydrogen-bond donors (Lipinski definition) is 0. The van der Waals surface area contributed by atoms with Gasteiger partial charge in [-0.05, 0) is 76.1 Å². The third-order valence-electron chi connectivity index (χ3n) is 6.69. The van der Waals surface area contributed by atoms with Crippen molar-refractivity contribution in [2.75, 3.05) is 25.0 Å². The van der Waals surface area contributed by atoms with Gasteiger partial charge in [-0.3, -0.25) is 4.79 Å². The number of aromatic nitrogens is 4. The average molecular weight is 445 g/mol. The highest BCUT2D eigenvalue weighted by atomic mass is 16.2. The molecule has 7 nitrogen and oxygen atoms in total. The van der Waals surface area contributed by atoms with E-state index in [2.05, 4.69) is 35.1 Å². The number of fused-ring (bicyclic) bond motifs is 1. The topological polar surface area (TPSA) is 67.2 Å². The molecule has 3 heterocycles. The van der Waals surface area contributed by atoms with Crippen molar-refractivity contribution in [3.05, 3.63) is 64.2 Å². The SMILES string of the molecule is Cc1cc(C)n(-c2cccc(CN(C)C(=O)c3nc(N4CCCC4)nc4c3CCCC4)c2)n1. The largest absolute Gasteiger partial charge is 0.341 e. The van der Waals surface area contributed by atoms with Gasteiger partial charge in [-0.25, -0.2) is 14.6 Å². The third kappa shape index (κ3) is 4.36. The van der Waals surface area contributed by atoms with Crippen LogP contribution in [0.1, 0.15) is 64.4 Å². The summed E-state index contributed by atoms with van der Waals surface area (Å²) in [7, 11) is 1.87. The molecule has 33 heavy (non-hydrogen) atoms. The molecule has 0 radical (unpaired) electrons. The van der Waals surface area contributed by atoms with Gasteiger partial charge < -0.3 is 9.80 Å². The Labute approximate surface area is 195 Å². The lowest BCUT2D eigenvalue weighted by molar-refractivity contribution is 0.0777. The van der Waals surface area contributed by atoms with Crippen molar-refractivity contribution in [3.63, 3.8) is 0 Å². The Hall–Kier alpha value is -3.22. The van der Waals surface area contributed by atoms with Crippen LogP contribution in [-0.4, -0.2) is 50.7 Å². The molecule has 1 fully saturated rings. The fourth-order valence-corrected chi connectivity index (χ4v) is 5.02. The highest BCUT2D eigenvalue weighted by molar-refractivity contribution is 5.94. The molecule has 3 aromatic rings. The highest BCUT2D eigenvalue weighted by Crippen LogP contribution is 2.27. The van der Waals surface area contributed by atoms with Gasteiger partial charge in [0.15, 0.2) is 0 Å². The van der Waals surface area contributed by atoms with Gasteiger partial charge in [-0.2, -0.15) is 5.10 Å². The Morgan fingerprint density at radius 3 is 2.58 bits per heavy atom. The number of nitrogens with zero attached hydrogens (tertiary/aromatic N) is 6. The lowest BCUT2D eigenvalue weighted by Crippen LogP contribution is -2.31. The first-order valence-electron chi connectivity index (χ1n) is 12.0. The monoisotopic (exact) mass is 444 g/mol. The minimum atomic E-state index is -0.0208. The summed E-state index contributed by atoms with van der Waals surface area (Å²) in [6.07, 6.45) is 6.37. The Bertz CT molecular complexity index is 1180. The van der Waals surface area contributed by atoms with Crippen molar-refractivity contribution in [1.29, 1.82) is 0 Å². The number of aryl methyl sites for hydroxylation is 3. The van der Waals surface area contributed by atoms with Crippen LogP contribution >= 0.6 is 0 Å². The smallest absolute Gasteiger partial charge is 0.272 e. The van der Waals surface area contributed by atoms with Gasteiger partial charge in [0.05, 0.1) is 11.4 Å². The van der Waals surface area contributed by atoms with E-state index in [1.54, 1.807) is 4.90 Å². The molecule has 1 saturated heterocycles. The number of rotatable bonds is 5. The van der Waals surface area contributed by atoms with E-state index in [1.165, 1.54) is 0 Å². The van der Waals surface area contributed by atoms with Gasteiger partial charge in [0, 0.05) is 43.6 Å². The van der Waals surface area contributed by atoms with Crippen molar-refractivity contribution < 1.29 is 4.79 Å². The predicted octanol–water partition coefficient (Wildman–Crippen LogP) is 4.03. The zero-order valence-electron chi connectivity index (χ0n) is 19.8. The molecule has 0 N–H and O–H groups in total. The number of hydrogen-bond acceptors (Lipinski definition) is 5. The van der Waals surface area contributed by atoms with Crippen LogP contribution in [0.4, 0.5) is 5.95 Å². The maximum Gasteiger partial charge on any atom is 0.272 e. The van der Waals surface area contributed by atoms with E-state index < -0.39 is 0 Å². The lowest BCUT2D eigenvalue weighted by Gasteiger charge is -2.25. The predicted molar refractivity (Wildman–Crippen MR) is 129 cm³/mol. The van der Waals surface area contributed by atoms with E-state index in [0.29, 0.717) is 12.2 Å². The molecular weight excluding hydrogens is 412 g/mol. The summed E-state index contributed by atoms with van der Waals surface area (Å²) >= 11 is 0. The lowest BCUT2D eigenvalue weighted by atomic mass is 9.94. The molecule has 5 rings (SSSR count). The molecule has 7 heteroatoms. The van der Waals surface area contributed by atoms with E-state index in [9.17, 15) is 4.79 Å². The first-order chi connectivity index (χ1) is 16.0. The number of benzene rings is 1. The molecule has 0 saturated carbocycles. The van der Waals surface area contributed by atoms with Crippen LogP contribution in [0.3, 0.4) is 0 Å². The van der Waals surface area contributed by atoms with Gasteiger partial charge in [-0.15, -0.1) is 0 Å². The quantitative estimate of drug-likeness (QED) is 0.594. The van der Waals surface area contributed by atoms with Crippen LogP contribution in [0.2, 0.25) is 0 Å². The molecule has 0 bridgehead atoms. The second-order valence-electron chi connectivity index (χ2n) is 9.37. The molecule has 0 unspecified atom stereocenters. The zero-order valence-corrected chi connectivity index (χ0v) is 19.8. The molecule has 1 amide bonds. The minimum Gasteiger partial charge on any atom is -0.341 e. The fourth-order valence-electron chi connectivity index (χ4n) is 5.02. The standard InChI is InChI=1S/C26H32N6O/c1-18-15-19(2)32(29-18)21-10-8-9-20(16-21)17-30(3)25(33)24-22-11-4-5-12-23(22)27-26(28-24)31-13-6-7-14-31/h8-10,15-16H,4-7,11-14,17H2,1-3H3. The second kappa shape index (κ2) is 8.96. The van der Waals surface area contributed by atoms with Gasteiger partial charge in [0.1, 0.15) is 5.69 Å². The van der Waals surface area contributed by atoms with Crippen LogP contribution in [0.5, 0.6) is 0 Å². The normalized spacial score (nSPS) is 15.5. The van der Waals surface area contributed by atoms with Gasteiger partial charge in [0.25, 0.3) is 5.91 Å². The van der Waals surface area contributed by atoms with Crippen LogP contribution < -0.4 is 4.90 Å². The summed E-state index contributed by atoms with van der Waals surface area (Å²) in [6.45, 7) is 6.52.